The van der Waals surface area contributed by atoms with Crippen LogP contribution < -0.4 is 99.7 Å². The van der Waals surface area contributed by atoms with Gasteiger partial charge in [0.25, 0.3) is 29.5 Å². The first-order valence-electron chi connectivity index (χ1n) is 22.4. The van der Waals surface area contributed by atoms with Gasteiger partial charge in [0.1, 0.15) is 6.04 Å². The summed E-state index contributed by atoms with van der Waals surface area (Å²) >= 11 is 0. The summed E-state index contributed by atoms with van der Waals surface area (Å²) in [5.41, 5.74) is 55.8. The molecule has 404 valence electrons. The molecule has 0 aromatic heterocycles. The van der Waals surface area contributed by atoms with Crippen molar-refractivity contribution < 1.29 is 48.1 Å². The lowest BCUT2D eigenvalue weighted by atomic mass is 9.89. The lowest BCUT2D eigenvalue weighted by Gasteiger charge is -2.33. The van der Waals surface area contributed by atoms with Crippen molar-refractivity contribution in [2.24, 2.45) is 89.1 Å². The number of rotatable bonds is 27. The SMILES string of the molecule is COCCN(CCOC)C1=c2cc3ccccc3cc2=CC1C(CO)C(=O)NC(C(=O)NC(N=C(N)N)C(=O)NC(N=C(N)N)C(=O)NC(N=C(N)N)C(=O)NC(N=C(N)N)C(=O)NC(N)C(N)=O)c1ccccc1. The van der Waals surface area contributed by atoms with Crippen molar-refractivity contribution >= 4 is 87.7 Å². The van der Waals surface area contributed by atoms with Gasteiger partial charge in [0.2, 0.25) is 36.5 Å². The standard InChI is InChI=1S/C44H63N21O10/c1-74-14-12-65(13-15-75-2)28-24-17-22-11-7-6-10-21(22)16-23(24)18-25(28)26(19-66)35(68)55-27(20-8-4-3-5-9-20)36(69)57-32(62-42(49)50)38(71)59-34(64-44(53)54)40(73)60-33(63-43(51)52)39(72)58-31(61-41(47)48)37(70)56-29(45)30(46)67/h3-11,16-18,25-27,29,31-34,66H,12-15,19,45H2,1-2H3,(H2,46,67)(H,55,68)(H,56,70)(H,57,69)(H,58,72)(H,59,71)(H,60,73)(H4,47,48,61)(H4,49,50,62)(H4,51,52,63)(H4,53,54,64). The number of guanidine groups is 4. The number of fused-ring (bicyclic) bond motifs is 2. The van der Waals surface area contributed by atoms with Crippen LogP contribution in [-0.2, 0) is 43.0 Å². The van der Waals surface area contributed by atoms with Gasteiger partial charge in [0.05, 0.1) is 25.7 Å². The van der Waals surface area contributed by atoms with Gasteiger partial charge >= 0.3 is 0 Å². The number of methoxy groups -OCH3 is 2. The molecule has 8 unspecified atom stereocenters. The molecule has 75 heavy (non-hydrogen) atoms. The van der Waals surface area contributed by atoms with Crippen LogP contribution in [0.15, 0.2) is 86.7 Å². The number of aliphatic hydroxyl groups excluding tert-OH is 1. The number of primary amides is 1. The van der Waals surface area contributed by atoms with Gasteiger partial charge in [-0.15, -0.1) is 0 Å². The van der Waals surface area contributed by atoms with Crippen LogP contribution in [0.1, 0.15) is 11.6 Å². The second-order valence-electron chi connectivity index (χ2n) is 16.2. The molecule has 0 spiro atoms. The number of carbonyl (C=O) groups excluding carboxylic acids is 7. The predicted octanol–water partition coefficient (Wildman–Crippen LogP) is -9.83. The molecule has 0 saturated carbocycles. The van der Waals surface area contributed by atoms with E-state index in [4.69, 9.17) is 66.8 Å². The lowest BCUT2D eigenvalue weighted by Crippen LogP contribution is -2.60. The normalized spacial score (nSPS) is 15.2. The monoisotopic (exact) mass is 1050 g/mol. The molecule has 0 heterocycles. The van der Waals surface area contributed by atoms with Crippen LogP contribution in [0.3, 0.4) is 0 Å². The van der Waals surface area contributed by atoms with Crippen molar-refractivity contribution in [3.63, 3.8) is 0 Å². The zero-order valence-corrected chi connectivity index (χ0v) is 40.7. The van der Waals surface area contributed by atoms with Gasteiger partial charge in [-0.1, -0.05) is 60.7 Å². The van der Waals surface area contributed by atoms with E-state index in [1.54, 1.807) is 32.4 Å². The molecule has 0 fully saturated rings. The van der Waals surface area contributed by atoms with Gasteiger partial charge in [0.15, 0.2) is 30.0 Å². The van der Waals surface area contributed by atoms with E-state index in [2.05, 4.69) is 35.9 Å². The number of aliphatic imine (C=N–C) groups is 4. The fraction of sp³-hybridized carbons (Fsp3) is 0.341. The van der Waals surface area contributed by atoms with Gasteiger partial charge in [-0.05, 0) is 33.7 Å². The summed E-state index contributed by atoms with van der Waals surface area (Å²) in [6.45, 7) is 0.726. The summed E-state index contributed by atoms with van der Waals surface area (Å²) < 4.78 is 10.9. The molecule has 31 heteroatoms. The maximum atomic E-state index is 14.7. The molecular weight excluding hydrogens is 983 g/mol. The number of nitrogens with two attached hydrogens (primary N) is 10. The summed E-state index contributed by atoms with van der Waals surface area (Å²) in [4.78, 5) is 111. The highest BCUT2D eigenvalue weighted by Gasteiger charge is 2.38. The van der Waals surface area contributed by atoms with Crippen molar-refractivity contribution in [2.45, 2.75) is 36.9 Å². The predicted molar refractivity (Wildman–Crippen MR) is 274 cm³/mol. The molecule has 0 radical (unpaired) electrons. The molecular formula is C44H63N21O10. The van der Waals surface area contributed by atoms with Crippen LogP contribution in [0, 0.1) is 11.8 Å². The summed E-state index contributed by atoms with van der Waals surface area (Å²) in [7, 11) is 3.12. The number of ether oxygens (including phenoxy) is 2. The quantitative estimate of drug-likeness (QED) is 0.0191. The summed E-state index contributed by atoms with van der Waals surface area (Å²) in [5, 5.41) is 27.7. The molecule has 31 nitrogen and oxygen atoms in total. The molecule has 27 N–H and O–H groups in total. The second-order valence-corrected chi connectivity index (χ2v) is 16.2. The Kier molecular flexibility index (Phi) is 21.3. The van der Waals surface area contributed by atoms with Crippen LogP contribution in [-0.4, -0.2) is 153 Å². The fourth-order valence-corrected chi connectivity index (χ4v) is 7.45. The van der Waals surface area contributed by atoms with Crippen molar-refractivity contribution in [1.82, 2.24) is 36.8 Å². The maximum absolute atomic E-state index is 14.7. The Labute approximate surface area is 427 Å². The Morgan fingerprint density at radius 2 is 0.987 bits per heavy atom. The third-order valence-corrected chi connectivity index (χ3v) is 10.8. The van der Waals surface area contributed by atoms with E-state index in [9.17, 15) is 38.7 Å². The minimum absolute atomic E-state index is 0.205. The van der Waals surface area contributed by atoms with E-state index in [1.165, 1.54) is 12.1 Å². The first-order chi connectivity index (χ1) is 35.6. The summed E-state index contributed by atoms with van der Waals surface area (Å²) in [5.74, 6) is -13.5. The largest absolute Gasteiger partial charge is 0.396 e. The Morgan fingerprint density at radius 3 is 1.40 bits per heavy atom. The van der Waals surface area contributed by atoms with E-state index >= 15 is 0 Å². The van der Waals surface area contributed by atoms with E-state index in [-0.39, 0.29) is 5.56 Å². The molecule has 8 atom stereocenters. The van der Waals surface area contributed by atoms with Gasteiger partial charge in [-0.25, -0.2) is 20.0 Å². The van der Waals surface area contributed by atoms with Crippen molar-refractivity contribution in [3.8, 4) is 0 Å². The zero-order valence-electron chi connectivity index (χ0n) is 40.7. The van der Waals surface area contributed by atoms with Crippen molar-refractivity contribution in [2.75, 3.05) is 47.1 Å². The van der Waals surface area contributed by atoms with Gasteiger partial charge in [-0.3, -0.25) is 33.6 Å². The van der Waals surface area contributed by atoms with Crippen LogP contribution in [0.25, 0.3) is 22.5 Å². The topological polar surface area (TPSA) is 543 Å². The molecule has 7 amide bonds. The number of aliphatic hydroxyl groups is 1. The van der Waals surface area contributed by atoms with Crippen molar-refractivity contribution in [1.29, 1.82) is 0 Å². The highest BCUT2D eigenvalue weighted by molar-refractivity contribution is 5.99. The fourth-order valence-electron chi connectivity index (χ4n) is 7.45. The molecule has 0 aliphatic heterocycles. The Morgan fingerprint density at radius 1 is 0.573 bits per heavy atom. The number of carbonyl (C=O) groups is 7. The van der Waals surface area contributed by atoms with Gasteiger partial charge in [-0.2, -0.15) is 0 Å². The minimum Gasteiger partial charge on any atom is -0.396 e. The van der Waals surface area contributed by atoms with E-state index in [0.29, 0.717) is 32.0 Å². The van der Waals surface area contributed by atoms with Crippen LogP contribution in [0.2, 0.25) is 0 Å². The summed E-state index contributed by atoms with van der Waals surface area (Å²) in [6.07, 6.45) is -8.38. The molecule has 0 bridgehead atoms. The number of benzene rings is 3. The van der Waals surface area contributed by atoms with Crippen LogP contribution in [0.5, 0.6) is 0 Å². The van der Waals surface area contributed by atoms with Crippen molar-refractivity contribution in [3.05, 3.63) is 82.7 Å². The molecule has 3 aromatic carbocycles. The maximum Gasteiger partial charge on any atom is 0.267 e. The molecule has 1 aliphatic rings. The smallest absolute Gasteiger partial charge is 0.267 e. The number of nitrogens with one attached hydrogen (secondary N) is 6. The van der Waals surface area contributed by atoms with E-state index in [0.717, 1.165) is 21.2 Å². The zero-order chi connectivity index (χ0) is 55.5. The highest BCUT2D eigenvalue weighted by Crippen LogP contribution is 2.30. The second kappa shape index (κ2) is 27.5. The number of nitrogens with zero attached hydrogens (tertiary/aromatic N) is 5. The third kappa shape index (κ3) is 16.6. The van der Waals surface area contributed by atoms with Crippen LogP contribution >= 0.6 is 0 Å². The molecule has 0 saturated heterocycles. The first kappa shape index (κ1) is 58.2. The lowest BCUT2D eigenvalue weighted by molar-refractivity contribution is -0.135. The number of amides is 7. The van der Waals surface area contributed by atoms with Gasteiger partial charge < -0.3 is 109 Å². The number of hydrogen-bond acceptors (Lipinski definition) is 16. The Hall–Kier alpha value is -9.33. The Bertz CT molecular complexity index is 2810. The van der Waals surface area contributed by atoms with E-state index in [1.807, 2.05) is 63.3 Å². The highest BCUT2D eigenvalue weighted by atomic mass is 16.5. The third-order valence-electron chi connectivity index (χ3n) is 10.8. The minimum atomic E-state index is -2.19. The summed E-state index contributed by atoms with van der Waals surface area (Å²) in [6, 6.07) is 17.9. The molecule has 4 rings (SSSR count). The number of hydrogen-bond donors (Lipinski definition) is 17. The first-order valence-corrected chi connectivity index (χ1v) is 22.4. The van der Waals surface area contributed by atoms with Crippen LogP contribution in [0.4, 0.5) is 0 Å². The average Bonchev–Trinajstić information content (AvgIpc) is 3.70. The van der Waals surface area contributed by atoms with Gasteiger partial charge in [0, 0.05) is 44.1 Å². The molecule has 1 aliphatic carbocycles. The molecule has 3 aromatic rings. The van der Waals surface area contributed by atoms with E-state index < -0.39 is 121 Å². The Balaban J connectivity index is 1.66. The average molecular weight is 1050 g/mol.